The Kier molecular flexibility index (Phi) is 4.39. The molecule has 1 aromatic carbocycles. The van der Waals surface area contributed by atoms with E-state index in [1.165, 1.54) is 0 Å². The molecular formula is C14H16ClNO2. The van der Waals surface area contributed by atoms with Crippen LogP contribution in [0.4, 0.5) is 0 Å². The summed E-state index contributed by atoms with van der Waals surface area (Å²) in [5.74, 6) is 0.830. The van der Waals surface area contributed by atoms with E-state index in [-0.39, 0.29) is 0 Å². The van der Waals surface area contributed by atoms with Gasteiger partial charge in [0, 0.05) is 42.3 Å². The molecule has 0 bridgehead atoms. The van der Waals surface area contributed by atoms with Gasteiger partial charge in [-0.25, -0.2) is 0 Å². The first-order chi connectivity index (χ1) is 8.70. The summed E-state index contributed by atoms with van der Waals surface area (Å²) < 4.78 is 10.8. The molecule has 0 radical (unpaired) electrons. The van der Waals surface area contributed by atoms with Crippen LogP contribution in [0.3, 0.4) is 0 Å². The van der Waals surface area contributed by atoms with E-state index in [2.05, 4.69) is 4.98 Å². The molecule has 0 spiro atoms. The fourth-order valence-corrected chi connectivity index (χ4v) is 1.97. The summed E-state index contributed by atoms with van der Waals surface area (Å²) in [7, 11) is 1.69. The topological polar surface area (TPSA) is 31.4 Å². The maximum Gasteiger partial charge on any atom is 0.130 e. The number of rotatable bonds is 5. The van der Waals surface area contributed by atoms with Gasteiger partial charge < -0.3 is 9.47 Å². The first kappa shape index (κ1) is 13.1. The van der Waals surface area contributed by atoms with Crippen molar-refractivity contribution in [1.82, 2.24) is 4.98 Å². The molecule has 0 fully saturated rings. The van der Waals surface area contributed by atoms with E-state index in [0.717, 1.165) is 28.8 Å². The Morgan fingerprint density at radius 3 is 2.83 bits per heavy atom. The van der Waals surface area contributed by atoms with Crippen LogP contribution in [0.5, 0.6) is 5.75 Å². The summed E-state index contributed by atoms with van der Waals surface area (Å²) in [6.45, 7) is 3.28. The first-order valence-electron chi connectivity index (χ1n) is 5.89. The smallest absolute Gasteiger partial charge is 0.130 e. The van der Waals surface area contributed by atoms with Crippen molar-refractivity contribution in [3.63, 3.8) is 0 Å². The molecule has 2 rings (SSSR count). The molecule has 2 aromatic rings. The van der Waals surface area contributed by atoms with Crippen molar-refractivity contribution in [3.8, 4) is 5.75 Å². The minimum atomic E-state index is 0.624. The highest BCUT2D eigenvalue weighted by Gasteiger charge is 2.06. The lowest BCUT2D eigenvalue weighted by Crippen LogP contribution is -2.02. The predicted molar refractivity (Wildman–Crippen MR) is 73.5 cm³/mol. The van der Waals surface area contributed by atoms with E-state index < -0.39 is 0 Å². The SMILES string of the molecule is COCCCOc1cc(C)nc2ccc(Cl)cc12. The van der Waals surface area contributed by atoms with Crippen molar-refractivity contribution < 1.29 is 9.47 Å². The van der Waals surface area contributed by atoms with Crippen LogP contribution in [0.25, 0.3) is 10.9 Å². The molecular weight excluding hydrogens is 250 g/mol. The van der Waals surface area contributed by atoms with Gasteiger partial charge in [-0.3, -0.25) is 4.98 Å². The summed E-state index contributed by atoms with van der Waals surface area (Å²) in [5, 5.41) is 1.64. The molecule has 0 saturated carbocycles. The number of halogens is 1. The van der Waals surface area contributed by atoms with Crippen LogP contribution in [0, 0.1) is 6.92 Å². The third-order valence-electron chi connectivity index (χ3n) is 2.61. The highest BCUT2D eigenvalue weighted by Crippen LogP contribution is 2.28. The lowest BCUT2D eigenvalue weighted by Gasteiger charge is -2.10. The van der Waals surface area contributed by atoms with Gasteiger partial charge in [0.15, 0.2) is 0 Å². The third kappa shape index (κ3) is 3.12. The molecule has 0 N–H and O–H groups in total. The molecule has 0 amide bonds. The van der Waals surface area contributed by atoms with Gasteiger partial charge in [0.25, 0.3) is 0 Å². The van der Waals surface area contributed by atoms with Crippen LogP contribution in [-0.4, -0.2) is 25.3 Å². The zero-order valence-electron chi connectivity index (χ0n) is 10.6. The molecule has 0 aliphatic rings. The van der Waals surface area contributed by atoms with Crippen LogP contribution < -0.4 is 4.74 Å². The van der Waals surface area contributed by atoms with Gasteiger partial charge in [0.05, 0.1) is 12.1 Å². The maximum absolute atomic E-state index is 6.01. The average molecular weight is 266 g/mol. The number of aryl methyl sites for hydroxylation is 1. The van der Waals surface area contributed by atoms with E-state index in [1.807, 2.05) is 31.2 Å². The summed E-state index contributed by atoms with van der Waals surface area (Å²) in [6.07, 6.45) is 0.861. The van der Waals surface area contributed by atoms with E-state index in [0.29, 0.717) is 18.2 Å². The van der Waals surface area contributed by atoms with Crippen LogP contribution in [-0.2, 0) is 4.74 Å². The van der Waals surface area contributed by atoms with Crippen molar-refractivity contribution >= 4 is 22.5 Å². The molecule has 0 aliphatic carbocycles. The number of benzene rings is 1. The second-order valence-electron chi connectivity index (χ2n) is 4.12. The largest absolute Gasteiger partial charge is 0.493 e. The van der Waals surface area contributed by atoms with E-state index in [1.54, 1.807) is 7.11 Å². The van der Waals surface area contributed by atoms with Crippen LogP contribution >= 0.6 is 11.6 Å². The molecule has 3 nitrogen and oxygen atoms in total. The molecule has 0 unspecified atom stereocenters. The number of aromatic nitrogens is 1. The highest BCUT2D eigenvalue weighted by molar-refractivity contribution is 6.31. The van der Waals surface area contributed by atoms with Gasteiger partial charge in [-0.15, -0.1) is 0 Å². The van der Waals surface area contributed by atoms with Gasteiger partial charge in [-0.05, 0) is 25.1 Å². The van der Waals surface area contributed by atoms with Crippen LogP contribution in [0.15, 0.2) is 24.3 Å². The maximum atomic E-state index is 6.01. The molecule has 0 aliphatic heterocycles. The lowest BCUT2D eigenvalue weighted by atomic mass is 10.2. The number of methoxy groups -OCH3 is 1. The zero-order chi connectivity index (χ0) is 13.0. The Morgan fingerprint density at radius 2 is 2.06 bits per heavy atom. The van der Waals surface area contributed by atoms with E-state index in [4.69, 9.17) is 21.1 Å². The van der Waals surface area contributed by atoms with Crippen molar-refractivity contribution in [3.05, 3.63) is 35.0 Å². The minimum Gasteiger partial charge on any atom is -0.493 e. The van der Waals surface area contributed by atoms with Crippen molar-refractivity contribution in [2.75, 3.05) is 20.3 Å². The molecule has 1 heterocycles. The van der Waals surface area contributed by atoms with Crippen molar-refractivity contribution in [1.29, 1.82) is 0 Å². The molecule has 1 aromatic heterocycles. The lowest BCUT2D eigenvalue weighted by molar-refractivity contribution is 0.172. The van der Waals surface area contributed by atoms with Gasteiger partial charge in [0.1, 0.15) is 5.75 Å². The second-order valence-corrected chi connectivity index (χ2v) is 4.55. The summed E-state index contributed by atoms with van der Waals surface area (Å²) in [6, 6.07) is 7.57. The quantitative estimate of drug-likeness (QED) is 0.774. The number of fused-ring (bicyclic) bond motifs is 1. The number of hydrogen-bond donors (Lipinski definition) is 0. The predicted octanol–water partition coefficient (Wildman–Crippen LogP) is 3.61. The summed E-state index contributed by atoms with van der Waals surface area (Å²) in [4.78, 5) is 4.46. The second kappa shape index (κ2) is 6.03. The van der Waals surface area contributed by atoms with E-state index in [9.17, 15) is 0 Å². The average Bonchev–Trinajstić information content (AvgIpc) is 2.35. The van der Waals surface area contributed by atoms with Gasteiger partial charge in [0.2, 0.25) is 0 Å². The number of hydrogen-bond acceptors (Lipinski definition) is 3. The molecule has 0 saturated heterocycles. The number of pyridine rings is 1. The summed E-state index contributed by atoms with van der Waals surface area (Å²) >= 11 is 6.01. The minimum absolute atomic E-state index is 0.624. The Balaban J connectivity index is 2.27. The fraction of sp³-hybridized carbons (Fsp3) is 0.357. The molecule has 4 heteroatoms. The highest BCUT2D eigenvalue weighted by atomic mass is 35.5. The van der Waals surface area contributed by atoms with Crippen molar-refractivity contribution in [2.24, 2.45) is 0 Å². The fourth-order valence-electron chi connectivity index (χ4n) is 1.80. The first-order valence-corrected chi connectivity index (χ1v) is 6.27. The number of ether oxygens (including phenoxy) is 2. The number of nitrogens with zero attached hydrogens (tertiary/aromatic N) is 1. The Morgan fingerprint density at radius 1 is 1.22 bits per heavy atom. The van der Waals surface area contributed by atoms with E-state index >= 15 is 0 Å². The standard InChI is InChI=1S/C14H16ClNO2/c1-10-8-14(18-7-3-6-17-2)12-9-11(15)4-5-13(12)16-10/h4-5,8-9H,3,6-7H2,1-2H3. The Hall–Kier alpha value is -1.32. The molecule has 18 heavy (non-hydrogen) atoms. The molecule has 0 atom stereocenters. The summed E-state index contributed by atoms with van der Waals surface area (Å²) in [5.41, 5.74) is 1.84. The van der Waals surface area contributed by atoms with Gasteiger partial charge in [-0.2, -0.15) is 0 Å². The zero-order valence-corrected chi connectivity index (χ0v) is 11.3. The molecule has 96 valence electrons. The van der Waals surface area contributed by atoms with Crippen LogP contribution in [0.2, 0.25) is 5.02 Å². The van der Waals surface area contributed by atoms with Crippen LogP contribution in [0.1, 0.15) is 12.1 Å². The van der Waals surface area contributed by atoms with Gasteiger partial charge in [-0.1, -0.05) is 11.6 Å². The Bertz CT molecular complexity index is 543. The van der Waals surface area contributed by atoms with Gasteiger partial charge >= 0.3 is 0 Å². The third-order valence-corrected chi connectivity index (χ3v) is 2.85. The monoisotopic (exact) mass is 265 g/mol. The Labute approximate surface area is 112 Å². The van der Waals surface area contributed by atoms with Crippen molar-refractivity contribution in [2.45, 2.75) is 13.3 Å². The normalized spacial score (nSPS) is 10.8.